The van der Waals surface area contributed by atoms with Gasteiger partial charge in [0.2, 0.25) is 5.13 Å². The summed E-state index contributed by atoms with van der Waals surface area (Å²) in [6.07, 6.45) is 1.87. The van der Waals surface area contributed by atoms with Gasteiger partial charge in [0.05, 0.1) is 5.69 Å². The van der Waals surface area contributed by atoms with Crippen LogP contribution in [0.25, 0.3) is 10.1 Å². The summed E-state index contributed by atoms with van der Waals surface area (Å²) in [5.41, 5.74) is 5.62. The minimum atomic E-state index is -0.487. The summed E-state index contributed by atoms with van der Waals surface area (Å²) in [4.78, 5) is 15.0. The Morgan fingerprint density at radius 3 is 2.68 bits per heavy atom. The van der Waals surface area contributed by atoms with Crippen LogP contribution in [0.5, 0.6) is 0 Å². The van der Waals surface area contributed by atoms with Gasteiger partial charge in [0.25, 0.3) is 0 Å². The van der Waals surface area contributed by atoms with Gasteiger partial charge in [-0.3, -0.25) is 4.90 Å². The number of thiophene rings is 1. The molecule has 8 heteroatoms. The highest BCUT2D eigenvalue weighted by Crippen LogP contribution is 2.37. The molecule has 3 N–H and O–H groups in total. The maximum Gasteiger partial charge on any atom is 0.312 e. The van der Waals surface area contributed by atoms with Crippen LogP contribution in [0, 0.1) is 10.9 Å². The van der Waals surface area contributed by atoms with E-state index in [4.69, 9.17) is 5.73 Å². The number of fused-ring (bicyclic) bond motifs is 1. The first-order chi connectivity index (χ1) is 12.0. The molecular formula is C17H22F2N4OS. The molecule has 1 saturated heterocycles. The third-order valence-electron chi connectivity index (χ3n) is 4.47. The molecule has 0 radical (unpaired) electrons. The molecule has 0 unspecified atom stereocenters. The van der Waals surface area contributed by atoms with Gasteiger partial charge in [-0.15, -0.1) is 11.3 Å². The lowest BCUT2D eigenvalue weighted by molar-refractivity contribution is 0.244. The van der Waals surface area contributed by atoms with Gasteiger partial charge in [0.15, 0.2) is 0 Å². The van der Waals surface area contributed by atoms with Crippen molar-refractivity contribution in [3.05, 3.63) is 29.1 Å². The zero-order valence-electron chi connectivity index (χ0n) is 13.9. The van der Waals surface area contributed by atoms with E-state index in [0.29, 0.717) is 16.9 Å². The van der Waals surface area contributed by atoms with E-state index in [1.165, 1.54) is 12.1 Å². The number of nitrogens with two attached hydrogens (primary N) is 1. The van der Waals surface area contributed by atoms with Crippen LogP contribution in [0.3, 0.4) is 0 Å². The molecule has 1 fully saturated rings. The van der Waals surface area contributed by atoms with Gasteiger partial charge in [0, 0.05) is 42.8 Å². The number of hydrogen-bond acceptors (Lipinski definition) is 4. The van der Waals surface area contributed by atoms with Gasteiger partial charge >= 0.3 is 6.03 Å². The molecule has 0 saturated carbocycles. The molecule has 0 bridgehead atoms. The minimum Gasteiger partial charge on any atom is -0.365 e. The van der Waals surface area contributed by atoms with Gasteiger partial charge in [-0.2, -0.15) is 4.39 Å². The number of hydrogen-bond donors (Lipinski definition) is 2. The fraction of sp³-hybridized carbons (Fsp3) is 0.471. The molecule has 5 nitrogen and oxygen atoms in total. The topological polar surface area (TPSA) is 61.6 Å². The monoisotopic (exact) mass is 368 g/mol. The average Bonchev–Trinajstić information content (AvgIpc) is 2.90. The quantitative estimate of drug-likeness (QED) is 0.771. The molecule has 25 heavy (non-hydrogen) atoms. The van der Waals surface area contributed by atoms with Crippen LogP contribution in [-0.4, -0.2) is 50.2 Å². The molecule has 1 aromatic carbocycles. The Balaban J connectivity index is 1.53. The van der Waals surface area contributed by atoms with E-state index in [1.807, 2.05) is 0 Å². The summed E-state index contributed by atoms with van der Waals surface area (Å²) < 4.78 is 28.3. The van der Waals surface area contributed by atoms with E-state index < -0.39 is 6.03 Å². The summed E-state index contributed by atoms with van der Waals surface area (Å²) in [6, 6.07) is 3.95. The number of nitrogens with zero attached hydrogens (tertiary/aromatic N) is 2. The SMILES string of the molecule is NC(=O)NCCCCN1CCN(c2c(F)sc3cc(F)ccc23)CC1. The number of halogens is 2. The Bertz CT molecular complexity index is 744. The summed E-state index contributed by atoms with van der Waals surface area (Å²) in [7, 11) is 0. The third-order valence-corrected chi connectivity index (χ3v) is 5.40. The lowest BCUT2D eigenvalue weighted by Crippen LogP contribution is -2.46. The van der Waals surface area contributed by atoms with E-state index in [1.54, 1.807) is 6.07 Å². The molecule has 1 aliphatic rings. The smallest absolute Gasteiger partial charge is 0.312 e. The molecule has 1 aliphatic heterocycles. The van der Waals surface area contributed by atoms with Crippen molar-refractivity contribution in [3.63, 3.8) is 0 Å². The van der Waals surface area contributed by atoms with Gasteiger partial charge < -0.3 is 16.0 Å². The molecule has 2 aromatic rings. The maximum atomic E-state index is 14.4. The first-order valence-electron chi connectivity index (χ1n) is 8.43. The number of piperazine rings is 1. The first-order valence-corrected chi connectivity index (χ1v) is 9.24. The molecule has 3 rings (SSSR count). The van der Waals surface area contributed by atoms with Crippen molar-refractivity contribution in [1.82, 2.24) is 10.2 Å². The van der Waals surface area contributed by atoms with Gasteiger partial charge in [-0.05, 0) is 37.6 Å². The fourth-order valence-corrected chi connectivity index (χ4v) is 4.16. The van der Waals surface area contributed by atoms with Crippen molar-refractivity contribution in [1.29, 1.82) is 0 Å². The summed E-state index contributed by atoms with van der Waals surface area (Å²) in [5.74, 6) is -0.337. The Labute approximate surface area is 149 Å². The third kappa shape index (κ3) is 4.38. The highest BCUT2D eigenvalue weighted by molar-refractivity contribution is 7.18. The number of carbonyl (C=O) groups is 1. The second-order valence-electron chi connectivity index (χ2n) is 6.19. The molecule has 0 atom stereocenters. The van der Waals surface area contributed by atoms with E-state index in [2.05, 4.69) is 15.1 Å². The van der Waals surface area contributed by atoms with E-state index in [-0.39, 0.29) is 10.9 Å². The Morgan fingerprint density at radius 2 is 1.96 bits per heavy atom. The Kier molecular flexibility index (Phi) is 5.70. The predicted octanol–water partition coefficient (Wildman–Crippen LogP) is 2.75. The minimum absolute atomic E-state index is 0.244. The van der Waals surface area contributed by atoms with Crippen LogP contribution in [-0.2, 0) is 0 Å². The highest BCUT2D eigenvalue weighted by atomic mass is 32.1. The van der Waals surface area contributed by atoms with Crippen molar-refractivity contribution in [2.24, 2.45) is 5.73 Å². The molecule has 136 valence electrons. The number of primary amides is 1. The Morgan fingerprint density at radius 1 is 1.20 bits per heavy atom. The number of carbonyl (C=O) groups excluding carboxylic acids is 1. The van der Waals surface area contributed by atoms with Crippen molar-refractivity contribution in [2.75, 3.05) is 44.2 Å². The maximum absolute atomic E-state index is 14.4. The lowest BCUT2D eigenvalue weighted by Gasteiger charge is -2.35. The second-order valence-corrected chi connectivity index (χ2v) is 7.19. The largest absolute Gasteiger partial charge is 0.365 e. The van der Waals surface area contributed by atoms with Crippen molar-refractivity contribution < 1.29 is 13.6 Å². The van der Waals surface area contributed by atoms with Crippen molar-refractivity contribution in [2.45, 2.75) is 12.8 Å². The zero-order chi connectivity index (χ0) is 17.8. The van der Waals surface area contributed by atoms with Crippen LogP contribution in [0.1, 0.15) is 12.8 Å². The van der Waals surface area contributed by atoms with Crippen LogP contribution in [0.2, 0.25) is 0 Å². The van der Waals surface area contributed by atoms with Gasteiger partial charge in [-0.1, -0.05) is 0 Å². The average molecular weight is 368 g/mol. The van der Waals surface area contributed by atoms with Crippen LogP contribution < -0.4 is 16.0 Å². The van der Waals surface area contributed by atoms with Crippen LogP contribution in [0.15, 0.2) is 18.2 Å². The normalized spacial score (nSPS) is 15.7. The molecule has 0 spiro atoms. The summed E-state index contributed by atoms with van der Waals surface area (Å²) in [6.45, 7) is 4.77. The molecular weight excluding hydrogens is 346 g/mol. The number of benzene rings is 1. The number of amides is 2. The molecule has 1 aromatic heterocycles. The van der Waals surface area contributed by atoms with Crippen molar-refractivity contribution >= 4 is 33.1 Å². The summed E-state index contributed by atoms with van der Waals surface area (Å²) in [5, 5.41) is 3.12. The van der Waals surface area contributed by atoms with Gasteiger partial charge in [0.1, 0.15) is 5.82 Å². The van der Waals surface area contributed by atoms with Crippen LogP contribution >= 0.6 is 11.3 Å². The predicted molar refractivity (Wildman–Crippen MR) is 97.2 cm³/mol. The number of anilines is 1. The molecule has 2 amide bonds. The standard InChI is InChI=1S/C17H22F2N4OS/c18-12-3-4-13-14(11-12)25-16(19)15(13)23-9-7-22(8-10-23)6-2-1-5-21-17(20)24/h3-4,11H,1-2,5-10H2,(H3,20,21,24). The number of urea groups is 1. The van der Waals surface area contributed by atoms with E-state index >= 15 is 0 Å². The molecule has 2 heterocycles. The Hall–Kier alpha value is -1.93. The van der Waals surface area contributed by atoms with E-state index in [9.17, 15) is 13.6 Å². The zero-order valence-corrected chi connectivity index (χ0v) is 14.7. The lowest BCUT2D eigenvalue weighted by atomic mass is 10.2. The number of unbranched alkanes of at least 4 members (excludes halogenated alkanes) is 1. The van der Waals surface area contributed by atoms with Crippen molar-refractivity contribution in [3.8, 4) is 0 Å². The second kappa shape index (κ2) is 7.97. The van der Waals surface area contributed by atoms with Gasteiger partial charge in [-0.25, -0.2) is 9.18 Å². The van der Waals surface area contributed by atoms with Crippen LogP contribution in [0.4, 0.5) is 19.3 Å². The van der Waals surface area contributed by atoms with E-state index in [0.717, 1.165) is 62.3 Å². The number of nitrogens with one attached hydrogen (secondary N) is 1. The highest BCUT2D eigenvalue weighted by Gasteiger charge is 2.23. The summed E-state index contributed by atoms with van der Waals surface area (Å²) >= 11 is 1.00. The number of rotatable bonds is 6. The fourth-order valence-electron chi connectivity index (χ4n) is 3.19. The first kappa shape index (κ1) is 17.9. The molecule has 0 aliphatic carbocycles.